The van der Waals surface area contributed by atoms with E-state index in [4.69, 9.17) is 10.8 Å². The Morgan fingerprint density at radius 3 is 2.50 bits per heavy atom. The van der Waals surface area contributed by atoms with Crippen LogP contribution in [-0.4, -0.2) is 23.2 Å². The van der Waals surface area contributed by atoms with Gasteiger partial charge in [0.2, 0.25) is 0 Å². The van der Waals surface area contributed by atoms with Gasteiger partial charge in [-0.3, -0.25) is 4.79 Å². The lowest BCUT2D eigenvalue weighted by atomic mass is 10.0. The van der Waals surface area contributed by atoms with Crippen molar-refractivity contribution < 1.29 is 9.90 Å². The maximum absolute atomic E-state index is 11.0. The lowest BCUT2D eigenvalue weighted by Gasteiger charge is -2.19. The van der Waals surface area contributed by atoms with Crippen molar-refractivity contribution >= 4 is 11.7 Å². The van der Waals surface area contributed by atoms with Crippen LogP contribution < -0.4 is 11.1 Å². The fraction of sp³-hybridized carbons (Fsp3) is 0.500. The summed E-state index contributed by atoms with van der Waals surface area (Å²) in [7, 11) is 0. The van der Waals surface area contributed by atoms with Crippen LogP contribution in [0.3, 0.4) is 0 Å². The Hall–Kier alpha value is -1.55. The molecule has 0 saturated heterocycles. The first-order valence-electron chi connectivity index (χ1n) is 6.36. The highest BCUT2D eigenvalue weighted by atomic mass is 16.4. The van der Waals surface area contributed by atoms with Crippen LogP contribution >= 0.6 is 0 Å². The number of anilines is 1. The minimum Gasteiger partial charge on any atom is -0.480 e. The van der Waals surface area contributed by atoms with Crippen LogP contribution in [-0.2, 0) is 11.2 Å². The van der Waals surface area contributed by atoms with E-state index in [-0.39, 0.29) is 6.04 Å². The molecule has 4 heteroatoms. The zero-order valence-electron chi connectivity index (χ0n) is 11.0. The van der Waals surface area contributed by atoms with Crippen molar-refractivity contribution in [1.82, 2.24) is 5.32 Å². The Balaban J connectivity index is 2.51. The van der Waals surface area contributed by atoms with Crippen molar-refractivity contribution in [2.24, 2.45) is 0 Å². The standard InChI is InChI=1S/C14H22N2O2/c1-3-4-13(14(17)18)16-10(2)9-11-5-7-12(15)8-6-11/h5-8,10,13,16H,3-4,9,15H2,1-2H3,(H,17,18). The Labute approximate surface area is 108 Å². The number of hydrogen-bond acceptors (Lipinski definition) is 3. The van der Waals surface area contributed by atoms with E-state index in [2.05, 4.69) is 5.32 Å². The van der Waals surface area contributed by atoms with Gasteiger partial charge in [0, 0.05) is 11.7 Å². The molecule has 0 amide bonds. The molecule has 0 bridgehead atoms. The summed E-state index contributed by atoms with van der Waals surface area (Å²) in [6.45, 7) is 3.99. The lowest BCUT2D eigenvalue weighted by molar-refractivity contribution is -0.139. The number of nitrogens with one attached hydrogen (secondary N) is 1. The lowest BCUT2D eigenvalue weighted by Crippen LogP contribution is -2.42. The molecule has 0 aliphatic carbocycles. The highest BCUT2D eigenvalue weighted by molar-refractivity contribution is 5.73. The van der Waals surface area contributed by atoms with Crippen LogP contribution in [0.2, 0.25) is 0 Å². The molecule has 100 valence electrons. The predicted octanol–water partition coefficient (Wildman–Crippen LogP) is 2.04. The predicted molar refractivity (Wildman–Crippen MR) is 73.5 cm³/mol. The maximum atomic E-state index is 11.0. The van der Waals surface area contributed by atoms with Crippen LogP contribution in [0, 0.1) is 0 Å². The number of carboxylic acid groups (broad SMARTS) is 1. The Morgan fingerprint density at radius 2 is 2.00 bits per heavy atom. The number of carbonyl (C=O) groups is 1. The van der Waals surface area contributed by atoms with Crippen molar-refractivity contribution in [3.8, 4) is 0 Å². The van der Waals surface area contributed by atoms with Gasteiger partial charge < -0.3 is 16.2 Å². The molecule has 0 radical (unpaired) electrons. The molecule has 4 N–H and O–H groups in total. The van der Waals surface area contributed by atoms with Gasteiger partial charge in [-0.25, -0.2) is 0 Å². The molecule has 0 heterocycles. The molecular formula is C14H22N2O2. The molecule has 0 aliphatic rings. The summed E-state index contributed by atoms with van der Waals surface area (Å²) in [6, 6.07) is 7.35. The number of aliphatic carboxylic acids is 1. The van der Waals surface area contributed by atoms with Gasteiger partial charge in [-0.2, -0.15) is 0 Å². The summed E-state index contributed by atoms with van der Waals surface area (Å²) in [5, 5.41) is 12.2. The number of hydrogen-bond donors (Lipinski definition) is 3. The average Bonchev–Trinajstić information content (AvgIpc) is 2.31. The molecule has 2 atom stereocenters. The third-order valence-corrected chi connectivity index (χ3v) is 2.88. The highest BCUT2D eigenvalue weighted by Crippen LogP contribution is 2.09. The SMILES string of the molecule is CCCC(NC(C)Cc1ccc(N)cc1)C(=O)O. The molecule has 18 heavy (non-hydrogen) atoms. The van der Waals surface area contributed by atoms with Gasteiger partial charge in [0.15, 0.2) is 0 Å². The monoisotopic (exact) mass is 250 g/mol. The third kappa shape index (κ3) is 4.75. The van der Waals surface area contributed by atoms with E-state index < -0.39 is 12.0 Å². The van der Waals surface area contributed by atoms with Crippen molar-refractivity contribution in [3.63, 3.8) is 0 Å². The normalized spacial score (nSPS) is 14.1. The number of nitrogen functional groups attached to an aromatic ring is 1. The van der Waals surface area contributed by atoms with E-state index >= 15 is 0 Å². The first-order valence-corrected chi connectivity index (χ1v) is 6.36. The average molecular weight is 250 g/mol. The Morgan fingerprint density at radius 1 is 1.39 bits per heavy atom. The second kappa shape index (κ2) is 7.01. The zero-order chi connectivity index (χ0) is 13.5. The molecule has 1 aromatic rings. The van der Waals surface area contributed by atoms with Crippen molar-refractivity contribution in [1.29, 1.82) is 0 Å². The summed E-state index contributed by atoms with van der Waals surface area (Å²) in [5.74, 6) is -0.777. The molecule has 0 aliphatic heterocycles. The second-order valence-corrected chi connectivity index (χ2v) is 4.69. The summed E-state index contributed by atoms with van der Waals surface area (Å²) < 4.78 is 0. The summed E-state index contributed by atoms with van der Waals surface area (Å²) in [5.41, 5.74) is 7.53. The molecule has 0 spiro atoms. The summed E-state index contributed by atoms with van der Waals surface area (Å²) in [6.07, 6.45) is 2.31. The van der Waals surface area contributed by atoms with E-state index in [0.29, 0.717) is 6.42 Å². The quantitative estimate of drug-likeness (QED) is 0.647. The Kier molecular flexibility index (Phi) is 5.65. The van der Waals surface area contributed by atoms with E-state index in [1.54, 1.807) is 0 Å². The smallest absolute Gasteiger partial charge is 0.320 e. The third-order valence-electron chi connectivity index (χ3n) is 2.88. The van der Waals surface area contributed by atoms with Crippen molar-refractivity contribution in [2.45, 2.75) is 45.2 Å². The van der Waals surface area contributed by atoms with Crippen LogP contribution in [0.4, 0.5) is 5.69 Å². The van der Waals surface area contributed by atoms with E-state index in [1.807, 2.05) is 38.1 Å². The van der Waals surface area contributed by atoms with Gasteiger partial charge in [-0.1, -0.05) is 25.5 Å². The van der Waals surface area contributed by atoms with Gasteiger partial charge in [-0.15, -0.1) is 0 Å². The first-order chi connectivity index (χ1) is 8.52. The van der Waals surface area contributed by atoms with E-state index in [9.17, 15) is 4.79 Å². The van der Waals surface area contributed by atoms with Gasteiger partial charge in [0.25, 0.3) is 0 Å². The number of carboxylic acids is 1. The largest absolute Gasteiger partial charge is 0.480 e. The van der Waals surface area contributed by atoms with E-state index in [1.165, 1.54) is 0 Å². The fourth-order valence-corrected chi connectivity index (χ4v) is 1.98. The Bertz CT molecular complexity index is 376. The van der Waals surface area contributed by atoms with Crippen molar-refractivity contribution in [2.75, 3.05) is 5.73 Å². The molecule has 1 rings (SSSR count). The molecule has 2 unspecified atom stereocenters. The zero-order valence-corrected chi connectivity index (χ0v) is 11.0. The van der Waals surface area contributed by atoms with Gasteiger partial charge >= 0.3 is 5.97 Å². The molecule has 0 aromatic heterocycles. The van der Waals surface area contributed by atoms with Crippen LogP contribution in [0.1, 0.15) is 32.3 Å². The number of benzene rings is 1. The van der Waals surface area contributed by atoms with Crippen molar-refractivity contribution in [3.05, 3.63) is 29.8 Å². The highest BCUT2D eigenvalue weighted by Gasteiger charge is 2.18. The minimum absolute atomic E-state index is 0.126. The number of rotatable bonds is 7. The molecule has 4 nitrogen and oxygen atoms in total. The van der Waals surface area contributed by atoms with Crippen LogP contribution in [0.15, 0.2) is 24.3 Å². The molecular weight excluding hydrogens is 228 g/mol. The molecule has 1 aromatic carbocycles. The fourth-order valence-electron chi connectivity index (χ4n) is 1.98. The maximum Gasteiger partial charge on any atom is 0.320 e. The number of nitrogens with two attached hydrogens (primary N) is 1. The topological polar surface area (TPSA) is 75.3 Å². The minimum atomic E-state index is -0.777. The van der Waals surface area contributed by atoms with Gasteiger partial charge in [-0.05, 0) is 37.5 Å². The van der Waals surface area contributed by atoms with E-state index in [0.717, 1.165) is 24.1 Å². The van der Waals surface area contributed by atoms with Gasteiger partial charge in [0.05, 0.1) is 0 Å². The van der Waals surface area contributed by atoms with Gasteiger partial charge in [0.1, 0.15) is 6.04 Å². The molecule has 0 fully saturated rings. The first kappa shape index (κ1) is 14.5. The second-order valence-electron chi connectivity index (χ2n) is 4.69. The molecule has 0 saturated carbocycles. The summed E-state index contributed by atoms with van der Waals surface area (Å²) in [4.78, 5) is 11.0. The summed E-state index contributed by atoms with van der Waals surface area (Å²) >= 11 is 0. The van der Waals surface area contributed by atoms with Crippen LogP contribution in [0.5, 0.6) is 0 Å². The van der Waals surface area contributed by atoms with Crippen LogP contribution in [0.25, 0.3) is 0 Å².